The smallest absolute Gasteiger partial charge is 0.144 e. The van der Waals surface area contributed by atoms with Crippen molar-refractivity contribution in [3.05, 3.63) is 175 Å². The molecule has 8 aromatic rings. The van der Waals surface area contributed by atoms with Gasteiger partial charge in [0.2, 0.25) is 0 Å². The summed E-state index contributed by atoms with van der Waals surface area (Å²) in [7, 11) is 0. The summed E-state index contributed by atoms with van der Waals surface area (Å²) in [6, 6.07) is 58.2. The molecule has 0 heterocycles. The van der Waals surface area contributed by atoms with Gasteiger partial charge in [-0.2, -0.15) is 0 Å². The third-order valence-corrected chi connectivity index (χ3v) is 8.57. The van der Waals surface area contributed by atoms with Gasteiger partial charge in [-0.15, -0.1) is 0 Å². The number of nitrogens with one attached hydrogen (secondary N) is 1. The molecule has 0 aliphatic carbocycles. The van der Waals surface area contributed by atoms with Crippen LogP contribution < -0.4 is 5.32 Å². The Hall–Kier alpha value is -5.73. The van der Waals surface area contributed by atoms with Gasteiger partial charge in [-0.1, -0.05) is 146 Å². The number of para-hydroxylation sites is 1. The molecule has 0 aromatic heterocycles. The van der Waals surface area contributed by atoms with Crippen LogP contribution in [0.3, 0.4) is 0 Å². The number of aliphatic imine (C=N–C) groups is 1. The van der Waals surface area contributed by atoms with Crippen LogP contribution in [0.25, 0.3) is 54.2 Å². The summed E-state index contributed by atoms with van der Waals surface area (Å²) in [6.45, 7) is 0. The average Bonchev–Trinajstić information content (AvgIpc) is 3.10. The van der Waals surface area contributed by atoms with Gasteiger partial charge in [-0.25, -0.2) is 0 Å². The highest BCUT2D eigenvalue weighted by Crippen LogP contribution is 2.34. The van der Waals surface area contributed by atoms with Crippen molar-refractivity contribution in [3.63, 3.8) is 0 Å². The van der Waals surface area contributed by atoms with E-state index in [1.54, 1.807) is 0 Å². The fourth-order valence-corrected chi connectivity index (χ4v) is 6.36. The maximum atomic E-state index is 5.26. The van der Waals surface area contributed by atoms with Crippen molar-refractivity contribution in [2.24, 2.45) is 4.99 Å². The van der Waals surface area contributed by atoms with Gasteiger partial charge in [-0.3, -0.25) is 4.99 Å². The van der Waals surface area contributed by atoms with E-state index < -0.39 is 0 Å². The molecule has 0 aliphatic heterocycles. The van der Waals surface area contributed by atoms with Gasteiger partial charge in [0, 0.05) is 17.5 Å². The Balaban J connectivity index is 1.24. The lowest BCUT2D eigenvalue weighted by Gasteiger charge is -2.18. The topological polar surface area (TPSA) is 24.4 Å². The van der Waals surface area contributed by atoms with Crippen LogP contribution in [-0.4, -0.2) is 6.21 Å². The molecule has 0 fully saturated rings. The zero-order valence-electron chi connectivity index (χ0n) is 24.2. The van der Waals surface area contributed by atoms with E-state index in [-0.39, 0.29) is 6.17 Å². The largest absolute Gasteiger partial charge is 0.360 e. The van der Waals surface area contributed by atoms with Crippen LogP contribution in [0.15, 0.2) is 169 Å². The molecule has 1 N–H and O–H groups in total. The van der Waals surface area contributed by atoms with Crippen LogP contribution in [0.4, 0.5) is 5.69 Å². The number of benzene rings is 8. The van der Waals surface area contributed by atoms with Crippen molar-refractivity contribution >= 4 is 55.0 Å². The lowest BCUT2D eigenvalue weighted by molar-refractivity contribution is 0.843. The number of hydrogen-bond donors (Lipinski definition) is 1. The number of rotatable bonds is 6. The first-order valence-corrected chi connectivity index (χ1v) is 15.1. The third-order valence-electron chi connectivity index (χ3n) is 8.57. The van der Waals surface area contributed by atoms with Crippen LogP contribution >= 0.6 is 0 Å². The van der Waals surface area contributed by atoms with E-state index in [1.165, 1.54) is 54.2 Å². The summed E-state index contributed by atoms with van der Waals surface area (Å²) < 4.78 is 0. The lowest BCUT2D eigenvalue weighted by atomic mass is 9.94. The van der Waals surface area contributed by atoms with E-state index in [2.05, 4.69) is 169 Å². The molecular formula is C42H30N2. The van der Waals surface area contributed by atoms with E-state index >= 15 is 0 Å². The zero-order chi connectivity index (χ0) is 29.3. The molecular weight excluding hydrogens is 532 g/mol. The Morgan fingerprint density at radius 1 is 0.455 bits per heavy atom. The standard InChI is InChI=1S/C42H30N2/c1-2-15-34(16-3-1)44-42(32-23-21-31(22-24-32)36-20-10-14-29-11-4-7-17-35(29)36)43-28-41-38-19-9-6-13-33(38)27-40-37-18-8-5-12-30(37)25-26-39(40)41/h1-28,42,44H/b43-28+. The van der Waals surface area contributed by atoms with Gasteiger partial charge >= 0.3 is 0 Å². The summed E-state index contributed by atoms with van der Waals surface area (Å²) in [5.41, 5.74) is 5.70. The molecule has 1 unspecified atom stereocenters. The molecule has 44 heavy (non-hydrogen) atoms. The number of fused-ring (bicyclic) bond motifs is 5. The first-order valence-electron chi connectivity index (χ1n) is 15.1. The Labute approximate surface area is 257 Å². The molecule has 0 amide bonds. The zero-order valence-corrected chi connectivity index (χ0v) is 24.2. The van der Waals surface area contributed by atoms with Crippen molar-refractivity contribution in [2.75, 3.05) is 5.32 Å². The monoisotopic (exact) mass is 562 g/mol. The van der Waals surface area contributed by atoms with Gasteiger partial charge in [0.1, 0.15) is 6.17 Å². The number of anilines is 1. The molecule has 8 aromatic carbocycles. The first kappa shape index (κ1) is 25.9. The van der Waals surface area contributed by atoms with E-state index in [9.17, 15) is 0 Å². The van der Waals surface area contributed by atoms with Crippen LogP contribution in [0.5, 0.6) is 0 Å². The van der Waals surface area contributed by atoms with Gasteiger partial charge in [0.25, 0.3) is 0 Å². The molecule has 2 nitrogen and oxygen atoms in total. The summed E-state index contributed by atoms with van der Waals surface area (Å²) in [5, 5.41) is 13.6. The van der Waals surface area contributed by atoms with Crippen LogP contribution in [0.2, 0.25) is 0 Å². The van der Waals surface area contributed by atoms with Gasteiger partial charge < -0.3 is 5.32 Å². The lowest BCUT2D eigenvalue weighted by Crippen LogP contribution is -2.09. The Morgan fingerprint density at radius 3 is 1.89 bits per heavy atom. The van der Waals surface area contributed by atoms with E-state index in [0.717, 1.165) is 16.8 Å². The quantitative estimate of drug-likeness (QED) is 0.122. The van der Waals surface area contributed by atoms with Crippen molar-refractivity contribution in [1.82, 2.24) is 0 Å². The maximum absolute atomic E-state index is 5.26. The summed E-state index contributed by atoms with van der Waals surface area (Å²) >= 11 is 0. The second-order valence-corrected chi connectivity index (χ2v) is 11.2. The van der Waals surface area contributed by atoms with Gasteiger partial charge in [0.05, 0.1) is 0 Å². The summed E-state index contributed by atoms with van der Waals surface area (Å²) in [5.74, 6) is 0. The van der Waals surface area contributed by atoms with Crippen molar-refractivity contribution < 1.29 is 0 Å². The van der Waals surface area contributed by atoms with Crippen molar-refractivity contribution in [3.8, 4) is 11.1 Å². The third kappa shape index (κ3) is 4.77. The second kappa shape index (κ2) is 11.2. The molecule has 0 radical (unpaired) electrons. The fourth-order valence-electron chi connectivity index (χ4n) is 6.36. The SMILES string of the molecule is C(=N\C(Nc1ccccc1)c1ccc(-c2cccc3ccccc23)cc1)/c1c2ccccc2cc2c1ccc1ccccc12. The minimum absolute atomic E-state index is 0.270. The number of hydrogen-bond acceptors (Lipinski definition) is 2. The highest BCUT2D eigenvalue weighted by molar-refractivity contribution is 6.20. The predicted molar refractivity (Wildman–Crippen MR) is 189 cm³/mol. The minimum Gasteiger partial charge on any atom is -0.360 e. The van der Waals surface area contributed by atoms with Crippen LogP contribution in [0.1, 0.15) is 17.3 Å². The molecule has 0 saturated heterocycles. The fraction of sp³-hybridized carbons (Fsp3) is 0.0238. The van der Waals surface area contributed by atoms with Gasteiger partial charge in [-0.05, 0) is 78.0 Å². The van der Waals surface area contributed by atoms with Crippen LogP contribution in [0, 0.1) is 0 Å². The first-order chi connectivity index (χ1) is 21.8. The van der Waals surface area contributed by atoms with Crippen LogP contribution in [-0.2, 0) is 0 Å². The molecule has 8 rings (SSSR count). The summed E-state index contributed by atoms with van der Waals surface area (Å²) in [6.07, 6.45) is 1.80. The van der Waals surface area contributed by atoms with E-state index in [1.807, 2.05) is 6.07 Å². The summed E-state index contributed by atoms with van der Waals surface area (Å²) in [4.78, 5) is 5.26. The number of nitrogens with zero attached hydrogens (tertiary/aromatic N) is 1. The second-order valence-electron chi connectivity index (χ2n) is 11.2. The maximum Gasteiger partial charge on any atom is 0.144 e. The Bertz CT molecular complexity index is 2300. The molecule has 0 saturated carbocycles. The minimum atomic E-state index is -0.270. The molecule has 0 bridgehead atoms. The molecule has 0 spiro atoms. The average molecular weight is 563 g/mol. The molecule has 0 aliphatic rings. The highest BCUT2D eigenvalue weighted by atomic mass is 15.1. The highest BCUT2D eigenvalue weighted by Gasteiger charge is 2.13. The normalized spacial score (nSPS) is 12.4. The van der Waals surface area contributed by atoms with Crippen molar-refractivity contribution in [2.45, 2.75) is 6.17 Å². The molecule has 2 heteroatoms. The van der Waals surface area contributed by atoms with E-state index in [4.69, 9.17) is 4.99 Å². The van der Waals surface area contributed by atoms with Crippen molar-refractivity contribution in [1.29, 1.82) is 0 Å². The van der Waals surface area contributed by atoms with E-state index in [0.29, 0.717) is 0 Å². The molecule has 1 atom stereocenters. The Kier molecular flexibility index (Phi) is 6.58. The van der Waals surface area contributed by atoms with Gasteiger partial charge in [0.15, 0.2) is 0 Å². The Morgan fingerprint density at radius 2 is 1.09 bits per heavy atom. The predicted octanol–water partition coefficient (Wildman–Crippen LogP) is 11.2. The molecule has 208 valence electrons.